The van der Waals surface area contributed by atoms with Gasteiger partial charge in [0.1, 0.15) is 5.75 Å². The summed E-state index contributed by atoms with van der Waals surface area (Å²) in [5.41, 5.74) is 8.86. The van der Waals surface area contributed by atoms with Crippen LogP contribution in [0.3, 0.4) is 0 Å². The van der Waals surface area contributed by atoms with Crippen LogP contribution in [0.25, 0.3) is 17.1 Å². The first-order chi connectivity index (χ1) is 12.4. The van der Waals surface area contributed by atoms with Gasteiger partial charge in [-0.3, -0.25) is 9.36 Å². The van der Waals surface area contributed by atoms with Crippen LogP contribution in [-0.4, -0.2) is 31.5 Å². The van der Waals surface area contributed by atoms with Crippen molar-refractivity contribution in [2.24, 2.45) is 5.73 Å². The molecule has 0 fully saturated rings. The SMILES string of the molecule is Cc1ccc(-n2c(SCC(N)=O)nnc2-c2cc(Br)ccc2O)c(C)c1. The molecular formula is C18H17BrN4O2S. The summed E-state index contributed by atoms with van der Waals surface area (Å²) < 4.78 is 2.65. The fraction of sp³-hybridized carbons (Fsp3) is 0.167. The molecule has 26 heavy (non-hydrogen) atoms. The Labute approximate surface area is 163 Å². The first kappa shape index (κ1) is 18.5. The van der Waals surface area contributed by atoms with Gasteiger partial charge in [0.05, 0.1) is 17.0 Å². The van der Waals surface area contributed by atoms with Crippen molar-refractivity contribution in [2.45, 2.75) is 19.0 Å². The number of phenolic OH excluding ortho intramolecular Hbond substituents is 1. The van der Waals surface area contributed by atoms with Crippen LogP contribution >= 0.6 is 27.7 Å². The first-order valence-electron chi connectivity index (χ1n) is 7.80. The Balaban J connectivity index is 2.22. The number of aromatic hydroxyl groups is 1. The van der Waals surface area contributed by atoms with E-state index in [0.717, 1.165) is 21.3 Å². The largest absolute Gasteiger partial charge is 0.507 e. The first-order valence-corrected chi connectivity index (χ1v) is 9.57. The molecule has 8 heteroatoms. The van der Waals surface area contributed by atoms with Crippen LogP contribution in [0.4, 0.5) is 0 Å². The Morgan fingerprint density at radius 2 is 2.00 bits per heavy atom. The number of hydrogen-bond acceptors (Lipinski definition) is 5. The lowest BCUT2D eigenvalue weighted by atomic mass is 10.1. The number of benzene rings is 2. The van der Waals surface area contributed by atoms with Crippen LogP contribution in [0.1, 0.15) is 11.1 Å². The van der Waals surface area contributed by atoms with Gasteiger partial charge in [0.25, 0.3) is 0 Å². The fourth-order valence-electron chi connectivity index (χ4n) is 2.63. The molecule has 0 radical (unpaired) electrons. The number of aryl methyl sites for hydroxylation is 2. The van der Waals surface area contributed by atoms with Crippen LogP contribution < -0.4 is 5.73 Å². The van der Waals surface area contributed by atoms with Crippen molar-refractivity contribution < 1.29 is 9.90 Å². The highest BCUT2D eigenvalue weighted by Crippen LogP contribution is 2.35. The van der Waals surface area contributed by atoms with Crippen molar-refractivity contribution in [2.75, 3.05) is 5.75 Å². The standard InChI is InChI=1S/C18H17BrN4O2S/c1-10-3-5-14(11(2)7-10)23-17(13-8-12(19)4-6-15(13)24)21-22-18(23)26-9-16(20)25/h3-8,24H,9H2,1-2H3,(H2,20,25). The molecule has 0 atom stereocenters. The molecule has 6 nitrogen and oxygen atoms in total. The summed E-state index contributed by atoms with van der Waals surface area (Å²) in [7, 11) is 0. The zero-order valence-corrected chi connectivity index (χ0v) is 16.6. The van der Waals surface area contributed by atoms with E-state index >= 15 is 0 Å². The normalized spacial score (nSPS) is 10.9. The highest BCUT2D eigenvalue weighted by atomic mass is 79.9. The molecule has 0 aliphatic rings. The second-order valence-corrected chi connectivity index (χ2v) is 7.71. The summed E-state index contributed by atoms with van der Waals surface area (Å²) in [6.45, 7) is 4.02. The molecule has 0 aliphatic heterocycles. The number of primary amides is 1. The lowest BCUT2D eigenvalue weighted by Crippen LogP contribution is -2.14. The Hall–Kier alpha value is -2.32. The number of nitrogens with zero attached hydrogens (tertiary/aromatic N) is 3. The quantitative estimate of drug-likeness (QED) is 0.600. The topological polar surface area (TPSA) is 94.0 Å². The maximum absolute atomic E-state index is 11.2. The fourth-order valence-corrected chi connectivity index (χ4v) is 3.68. The van der Waals surface area contributed by atoms with Gasteiger partial charge in [-0.25, -0.2) is 0 Å². The molecule has 0 saturated carbocycles. The van der Waals surface area contributed by atoms with Crippen LogP contribution in [0.5, 0.6) is 5.75 Å². The number of halogens is 1. The van der Waals surface area contributed by atoms with Crippen molar-refractivity contribution in [3.63, 3.8) is 0 Å². The maximum Gasteiger partial charge on any atom is 0.227 e. The van der Waals surface area contributed by atoms with Crippen molar-refractivity contribution in [1.82, 2.24) is 14.8 Å². The van der Waals surface area contributed by atoms with E-state index in [0.29, 0.717) is 16.5 Å². The van der Waals surface area contributed by atoms with Crippen LogP contribution in [0, 0.1) is 13.8 Å². The minimum atomic E-state index is -0.433. The molecule has 1 amide bonds. The number of aromatic nitrogens is 3. The van der Waals surface area contributed by atoms with Crippen LogP contribution in [0.15, 0.2) is 46.0 Å². The second kappa shape index (κ2) is 7.51. The average molecular weight is 433 g/mol. The lowest BCUT2D eigenvalue weighted by Gasteiger charge is -2.14. The summed E-state index contributed by atoms with van der Waals surface area (Å²) in [4.78, 5) is 11.2. The third-order valence-corrected chi connectivity index (χ3v) is 5.21. The molecule has 1 aromatic heterocycles. The van der Waals surface area contributed by atoms with E-state index in [1.807, 2.05) is 30.5 Å². The molecule has 3 rings (SSSR count). The molecule has 2 aromatic carbocycles. The molecular weight excluding hydrogens is 416 g/mol. The van der Waals surface area contributed by atoms with Crippen molar-refractivity contribution in [1.29, 1.82) is 0 Å². The highest BCUT2D eigenvalue weighted by molar-refractivity contribution is 9.10. The van der Waals surface area contributed by atoms with Gasteiger partial charge in [-0.05, 0) is 43.7 Å². The van der Waals surface area contributed by atoms with E-state index in [-0.39, 0.29) is 11.5 Å². The van der Waals surface area contributed by atoms with Crippen LogP contribution in [0.2, 0.25) is 0 Å². The summed E-state index contributed by atoms with van der Waals surface area (Å²) in [5, 5.41) is 19.3. The van der Waals surface area contributed by atoms with Gasteiger partial charge in [0.15, 0.2) is 11.0 Å². The van der Waals surface area contributed by atoms with E-state index in [2.05, 4.69) is 32.2 Å². The Bertz CT molecular complexity index is 987. The smallest absolute Gasteiger partial charge is 0.227 e. The van der Waals surface area contributed by atoms with E-state index in [4.69, 9.17) is 5.73 Å². The molecule has 0 aliphatic carbocycles. The highest BCUT2D eigenvalue weighted by Gasteiger charge is 2.20. The third kappa shape index (κ3) is 3.76. The zero-order valence-electron chi connectivity index (χ0n) is 14.2. The number of carbonyl (C=O) groups is 1. The minimum absolute atomic E-state index is 0.0908. The summed E-state index contributed by atoms with van der Waals surface area (Å²) >= 11 is 4.63. The van der Waals surface area contributed by atoms with Gasteiger partial charge in [0, 0.05) is 4.47 Å². The molecule has 3 aromatic rings. The molecule has 0 saturated heterocycles. The van der Waals surface area contributed by atoms with Gasteiger partial charge in [-0.15, -0.1) is 10.2 Å². The number of carbonyl (C=O) groups excluding carboxylic acids is 1. The average Bonchev–Trinajstić information content (AvgIpc) is 2.98. The number of hydrogen-bond donors (Lipinski definition) is 2. The predicted octanol–water partition coefficient (Wildman–Crippen LogP) is 3.60. The monoisotopic (exact) mass is 432 g/mol. The lowest BCUT2D eigenvalue weighted by molar-refractivity contribution is -0.115. The third-order valence-electron chi connectivity index (χ3n) is 3.77. The maximum atomic E-state index is 11.2. The van der Waals surface area contributed by atoms with E-state index < -0.39 is 5.91 Å². The summed E-state index contributed by atoms with van der Waals surface area (Å²) in [6, 6.07) is 11.1. The molecule has 3 N–H and O–H groups in total. The van der Waals surface area contributed by atoms with Crippen molar-refractivity contribution >= 4 is 33.6 Å². The molecule has 0 bridgehead atoms. The Morgan fingerprint density at radius 3 is 2.69 bits per heavy atom. The van der Waals surface area contributed by atoms with E-state index in [1.165, 1.54) is 11.8 Å². The molecule has 0 unspecified atom stereocenters. The van der Waals surface area contributed by atoms with Gasteiger partial charge >= 0.3 is 0 Å². The van der Waals surface area contributed by atoms with Crippen molar-refractivity contribution in [3.8, 4) is 22.8 Å². The number of thioether (sulfide) groups is 1. The van der Waals surface area contributed by atoms with Crippen molar-refractivity contribution in [3.05, 3.63) is 52.0 Å². The van der Waals surface area contributed by atoms with E-state index in [1.54, 1.807) is 18.2 Å². The predicted molar refractivity (Wildman–Crippen MR) is 106 cm³/mol. The molecule has 1 heterocycles. The molecule has 134 valence electrons. The van der Waals surface area contributed by atoms with E-state index in [9.17, 15) is 9.90 Å². The second-order valence-electron chi connectivity index (χ2n) is 5.85. The number of amides is 1. The van der Waals surface area contributed by atoms with Gasteiger partial charge in [-0.2, -0.15) is 0 Å². The Kier molecular flexibility index (Phi) is 5.33. The summed E-state index contributed by atoms with van der Waals surface area (Å²) in [6.07, 6.45) is 0. The number of nitrogens with two attached hydrogens (primary N) is 1. The van der Waals surface area contributed by atoms with Crippen LogP contribution in [-0.2, 0) is 4.79 Å². The zero-order chi connectivity index (χ0) is 18.8. The summed E-state index contributed by atoms with van der Waals surface area (Å²) in [5.74, 6) is 0.242. The number of phenols is 1. The number of rotatable bonds is 5. The Morgan fingerprint density at radius 1 is 1.23 bits per heavy atom. The minimum Gasteiger partial charge on any atom is -0.507 e. The van der Waals surface area contributed by atoms with Gasteiger partial charge < -0.3 is 10.8 Å². The molecule has 0 spiro atoms. The van der Waals surface area contributed by atoms with Gasteiger partial charge in [-0.1, -0.05) is 45.4 Å². The van der Waals surface area contributed by atoms with Gasteiger partial charge in [0.2, 0.25) is 5.91 Å².